The number of anilines is 3. The van der Waals surface area contributed by atoms with Gasteiger partial charge in [0, 0.05) is 25.2 Å². The second-order valence-electron chi connectivity index (χ2n) is 7.03. The second kappa shape index (κ2) is 9.06. The van der Waals surface area contributed by atoms with E-state index < -0.39 is 10.9 Å². The van der Waals surface area contributed by atoms with Gasteiger partial charge < -0.3 is 11.1 Å². The molecule has 3 aromatic rings. The molecule has 0 fully saturated rings. The summed E-state index contributed by atoms with van der Waals surface area (Å²) in [4.78, 5) is 15.5. The summed E-state index contributed by atoms with van der Waals surface area (Å²) in [6, 6.07) is 12.9. The molecule has 0 bridgehead atoms. The van der Waals surface area contributed by atoms with Crippen LogP contribution in [-0.2, 0) is 22.2 Å². The zero-order valence-corrected chi connectivity index (χ0v) is 17.9. The number of amides is 1. The van der Waals surface area contributed by atoms with E-state index in [-0.39, 0.29) is 12.5 Å². The van der Waals surface area contributed by atoms with E-state index in [0.717, 1.165) is 22.3 Å². The number of nitrogens with one attached hydrogen (secondary N) is 1. The van der Waals surface area contributed by atoms with Gasteiger partial charge in [-0.15, -0.1) is 0 Å². The molecule has 7 nitrogen and oxygen atoms in total. The van der Waals surface area contributed by atoms with Crippen molar-refractivity contribution >= 4 is 33.9 Å². The lowest BCUT2D eigenvalue weighted by molar-refractivity contribution is -0.114. The standard InChI is InChI=1S/C22H24N4O3S/c1-14-4-5-15(2)21(8-14)26(30(28)29)22-10-17(6-7-18(22)11-23)19-9-20(13-24-12-19)25-16(3)27/h4-10,12-13,30H,11,23H2,1-3H3,(H,25,27). The number of aryl methyl sites for hydroxylation is 2. The molecular weight excluding hydrogens is 400 g/mol. The first-order valence-electron chi connectivity index (χ1n) is 9.38. The van der Waals surface area contributed by atoms with E-state index in [1.165, 1.54) is 11.2 Å². The van der Waals surface area contributed by atoms with Gasteiger partial charge in [0.15, 0.2) is 0 Å². The molecule has 30 heavy (non-hydrogen) atoms. The quantitative estimate of drug-likeness (QED) is 0.526. The van der Waals surface area contributed by atoms with Crippen molar-refractivity contribution in [1.29, 1.82) is 0 Å². The van der Waals surface area contributed by atoms with Crippen molar-refractivity contribution in [3.05, 3.63) is 71.5 Å². The molecule has 0 aliphatic rings. The zero-order chi connectivity index (χ0) is 21.8. The Kier molecular flexibility index (Phi) is 6.49. The van der Waals surface area contributed by atoms with Crippen LogP contribution in [-0.4, -0.2) is 19.3 Å². The number of carbonyl (C=O) groups is 1. The summed E-state index contributed by atoms with van der Waals surface area (Å²) in [6.45, 7) is 5.39. The molecule has 0 radical (unpaired) electrons. The van der Waals surface area contributed by atoms with Gasteiger partial charge in [-0.05, 0) is 54.3 Å². The molecule has 3 rings (SSSR count). The van der Waals surface area contributed by atoms with Gasteiger partial charge in [0.25, 0.3) is 0 Å². The highest BCUT2D eigenvalue weighted by Gasteiger charge is 2.19. The summed E-state index contributed by atoms with van der Waals surface area (Å²) >= 11 is 0. The highest BCUT2D eigenvalue weighted by molar-refractivity contribution is 7.74. The van der Waals surface area contributed by atoms with E-state index in [0.29, 0.717) is 22.6 Å². The lowest BCUT2D eigenvalue weighted by Gasteiger charge is -2.24. The van der Waals surface area contributed by atoms with Gasteiger partial charge in [-0.2, -0.15) is 0 Å². The van der Waals surface area contributed by atoms with Gasteiger partial charge >= 0.3 is 0 Å². The highest BCUT2D eigenvalue weighted by atomic mass is 32.2. The maximum Gasteiger partial charge on any atom is 0.229 e. The lowest BCUT2D eigenvalue weighted by atomic mass is 10.0. The topological polar surface area (TPSA) is 105 Å². The van der Waals surface area contributed by atoms with Gasteiger partial charge in [-0.1, -0.05) is 24.3 Å². The number of carbonyl (C=O) groups excluding carboxylic acids is 1. The molecule has 0 atom stereocenters. The van der Waals surface area contributed by atoms with Crippen LogP contribution in [0.4, 0.5) is 17.1 Å². The van der Waals surface area contributed by atoms with Crippen LogP contribution >= 0.6 is 0 Å². The van der Waals surface area contributed by atoms with E-state index in [1.54, 1.807) is 24.5 Å². The van der Waals surface area contributed by atoms with Gasteiger partial charge in [0.05, 0.1) is 23.3 Å². The highest BCUT2D eigenvalue weighted by Crippen LogP contribution is 2.35. The number of nitrogens with zero attached hydrogens (tertiary/aromatic N) is 2. The molecule has 0 unspecified atom stereocenters. The van der Waals surface area contributed by atoms with Gasteiger partial charge in [0.2, 0.25) is 16.8 Å². The molecule has 8 heteroatoms. The van der Waals surface area contributed by atoms with Crippen molar-refractivity contribution in [2.45, 2.75) is 27.3 Å². The first-order chi connectivity index (χ1) is 14.3. The minimum atomic E-state index is -2.96. The number of rotatable bonds is 6. The Bertz CT molecular complexity index is 1170. The molecule has 0 spiro atoms. The van der Waals surface area contributed by atoms with Crippen molar-refractivity contribution in [2.24, 2.45) is 5.73 Å². The van der Waals surface area contributed by atoms with E-state index >= 15 is 0 Å². The van der Waals surface area contributed by atoms with Crippen LogP contribution in [0.2, 0.25) is 0 Å². The molecule has 0 saturated carbocycles. The first-order valence-corrected chi connectivity index (χ1v) is 10.5. The number of hydrogen-bond acceptors (Lipinski definition) is 5. The summed E-state index contributed by atoms with van der Waals surface area (Å²) in [7, 11) is -2.96. The third-order valence-electron chi connectivity index (χ3n) is 4.68. The van der Waals surface area contributed by atoms with Crippen LogP contribution in [0.3, 0.4) is 0 Å². The number of benzene rings is 2. The summed E-state index contributed by atoms with van der Waals surface area (Å²) in [5.74, 6) is -0.197. The maximum absolute atomic E-state index is 12.3. The van der Waals surface area contributed by atoms with Crippen molar-refractivity contribution in [2.75, 3.05) is 9.62 Å². The monoisotopic (exact) mass is 424 g/mol. The van der Waals surface area contributed by atoms with Crippen molar-refractivity contribution in [3.8, 4) is 11.1 Å². The van der Waals surface area contributed by atoms with Crippen molar-refractivity contribution in [1.82, 2.24) is 4.98 Å². The molecule has 1 aromatic heterocycles. The number of hydrogen-bond donors (Lipinski definition) is 3. The molecule has 0 aliphatic carbocycles. The van der Waals surface area contributed by atoms with Gasteiger partial charge in [-0.25, -0.2) is 12.7 Å². The SMILES string of the molecule is CC(=O)Nc1cncc(-c2ccc(CN)c(N(c3cc(C)ccc3C)[SH](=O)=O)c2)c1. The Balaban J connectivity index is 2.16. The van der Waals surface area contributed by atoms with Crippen LogP contribution in [0.15, 0.2) is 54.9 Å². The maximum atomic E-state index is 12.3. The normalized spacial score (nSPS) is 10.8. The van der Waals surface area contributed by atoms with E-state index in [2.05, 4.69) is 10.3 Å². The molecular formula is C22H24N4O3S. The molecule has 1 heterocycles. The fourth-order valence-corrected chi connectivity index (χ4v) is 3.99. The largest absolute Gasteiger partial charge is 0.326 e. The van der Waals surface area contributed by atoms with Crippen LogP contribution < -0.4 is 15.4 Å². The second-order valence-corrected chi connectivity index (χ2v) is 7.91. The molecule has 2 aromatic carbocycles. The summed E-state index contributed by atoms with van der Waals surface area (Å²) in [5.41, 5.74) is 11.5. The average Bonchev–Trinajstić information content (AvgIpc) is 2.70. The molecule has 156 valence electrons. The van der Waals surface area contributed by atoms with Gasteiger partial charge in [0.1, 0.15) is 0 Å². The molecule has 0 aliphatic heterocycles. The summed E-state index contributed by atoms with van der Waals surface area (Å²) in [6.07, 6.45) is 3.21. The lowest BCUT2D eigenvalue weighted by Crippen LogP contribution is -2.18. The van der Waals surface area contributed by atoms with Crippen LogP contribution in [0.5, 0.6) is 0 Å². The van der Waals surface area contributed by atoms with E-state index in [9.17, 15) is 13.2 Å². The average molecular weight is 425 g/mol. The van der Waals surface area contributed by atoms with Crippen molar-refractivity contribution in [3.63, 3.8) is 0 Å². The Labute approximate surface area is 177 Å². The number of aromatic nitrogens is 1. The van der Waals surface area contributed by atoms with Crippen LogP contribution in [0.25, 0.3) is 11.1 Å². The Morgan fingerprint density at radius 3 is 2.47 bits per heavy atom. The van der Waals surface area contributed by atoms with Crippen LogP contribution in [0, 0.1) is 13.8 Å². The predicted octanol–water partition coefficient (Wildman–Crippen LogP) is 3.45. The Morgan fingerprint density at radius 2 is 1.80 bits per heavy atom. The fourth-order valence-electron chi connectivity index (χ4n) is 3.24. The Hall–Kier alpha value is -3.23. The fraction of sp³-hybridized carbons (Fsp3) is 0.182. The first kappa shape index (κ1) is 21.5. The minimum Gasteiger partial charge on any atom is -0.326 e. The molecule has 3 N–H and O–H groups in total. The third kappa shape index (κ3) is 4.67. The third-order valence-corrected chi connectivity index (χ3v) is 5.44. The summed E-state index contributed by atoms with van der Waals surface area (Å²) in [5, 5.41) is 2.70. The number of pyridine rings is 1. The van der Waals surface area contributed by atoms with Crippen LogP contribution in [0.1, 0.15) is 23.6 Å². The predicted molar refractivity (Wildman–Crippen MR) is 120 cm³/mol. The van der Waals surface area contributed by atoms with Crippen molar-refractivity contribution < 1.29 is 13.2 Å². The Morgan fingerprint density at radius 1 is 1.03 bits per heavy atom. The van der Waals surface area contributed by atoms with Gasteiger partial charge in [-0.3, -0.25) is 9.78 Å². The summed E-state index contributed by atoms with van der Waals surface area (Å²) < 4.78 is 25.9. The van der Waals surface area contributed by atoms with E-state index in [4.69, 9.17) is 5.73 Å². The molecule has 0 saturated heterocycles. The minimum absolute atomic E-state index is 0.185. The zero-order valence-electron chi connectivity index (χ0n) is 17.0. The number of nitrogens with two attached hydrogens (primary N) is 1. The molecule has 1 amide bonds. The van der Waals surface area contributed by atoms with E-state index in [1.807, 2.05) is 44.2 Å². The number of thiol groups is 1. The smallest absolute Gasteiger partial charge is 0.229 e.